The fourth-order valence-corrected chi connectivity index (χ4v) is 0.574. The van der Waals surface area contributed by atoms with Crippen molar-refractivity contribution in [3.63, 3.8) is 0 Å². The van der Waals surface area contributed by atoms with Gasteiger partial charge < -0.3 is 16.0 Å². The highest BCUT2D eigenvalue weighted by Gasteiger charge is 2.24. The summed E-state index contributed by atoms with van der Waals surface area (Å²) in [6.45, 7) is 5.88. The Morgan fingerprint density at radius 1 is 1.62 bits per heavy atom. The normalized spacial score (nSPS) is 10.8. The summed E-state index contributed by atoms with van der Waals surface area (Å²) in [5.74, 6) is -0.0506. The summed E-state index contributed by atoms with van der Waals surface area (Å²) in [6.07, 6.45) is 0. The molecule has 0 aliphatic rings. The minimum Gasteiger partial charge on any atom is -0.386 e. The average molecular weight is 186 g/mol. The summed E-state index contributed by atoms with van der Waals surface area (Å²) in [6, 6.07) is -0.220. The maximum atomic E-state index is 11.4. The van der Waals surface area contributed by atoms with Gasteiger partial charge in [-0.25, -0.2) is 4.79 Å². The van der Waals surface area contributed by atoms with Crippen molar-refractivity contribution >= 4 is 11.9 Å². The number of carbonyl (C=O) groups is 1. The number of nitrogens with two attached hydrogens (primary N) is 1. The molecule has 4 N–H and O–H groups in total. The molecule has 0 aromatic carbocycles. The predicted molar refractivity (Wildman–Crippen MR) is 52.8 cm³/mol. The molecular formula is C8H18N4O. The Kier molecular flexibility index (Phi) is 3.71. The van der Waals surface area contributed by atoms with Crippen LogP contribution in [0.5, 0.6) is 0 Å². The smallest absolute Gasteiger partial charge is 0.317 e. The molecule has 5 heteroatoms. The van der Waals surface area contributed by atoms with Gasteiger partial charge >= 0.3 is 6.03 Å². The molecule has 0 saturated heterocycles. The molecule has 0 rings (SSSR count). The lowest BCUT2D eigenvalue weighted by Gasteiger charge is -2.27. The lowest BCUT2D eigenvalue weighted by atomic mass is 10.1. The van der Waals surface area contributed by atoms with Crippen LogP contribution in [0.15, 0.2) is 0 Å². The second kappa shape index (κ2) is 4.11. The SMILES string of the molecule is CCN(C)C(=O)NC(C)(C)C(=N)N. The van der Waals surface area contributed by atoms with Gasteiger partial charge in [-0.1, -0.05) is 0 Å². The molecule has 0 aromatic rings. The van der Waals surface area contributed by atoms with Crippen LogP contribution >= 0.6 is 0 Å². The monoisotopic (exact) mass is 186 g/mol. The molecular weight excluding hydrogens is 168 g/mol. The zero-order valence-electron chi connectivity index (χ0n) is 8.64. The van der Waals surface area contributed by atoms with Crippen LogP contribution in [0.3, 0.4) is 0 Å². The summed E-state index contributed by atoms with van der Waals surface area (Å²) in [7, 11) is 1.69. The number of hydrogen-bond acceptors (Lipinski definition) is 2. The summed E-state index contributed by atoms with van der Waals surface area (Å²) in [5, 5.41) is 9.88. The van der Waals surface area contributed by atoms with Gasteiger partial charge in [-0.3, -0.25) is 5.41 Å². The zero-order chi connectivity index (χ0) is 10.6. The van der Waals surface area contributed by atoms with E-state index in [2.05, 4.69) is 5.32 Å². The van der Waals surface area contributed by atoms with Crippen LogP contribution in [-0.4, -0.2) is 35.9 Å². The van der Waals surface area contributed by atoms with E-state index in [-0.39, 0.29) is 11.9 Å². The molecule has 5 nitrogen and oxygen atoms in total. The summed E-state index contributed by atoms with van der Waals surface area (Å²) >= 11 is 0. The van der Waals surface area contributed by atoms with E-state index in [1.165, 1.54) is 4.90 Å². The van der Waals surface area contributed by atoms with Gasteiger partial charge in [-0.15, -0.1) is 0 Å². The van der Waals surface area contributed by atoms with Crippen molar-refractivity contribution in [3.8, 4) is 0 Å². The van der Waals surface area contributed by atoms with Crippen molar-refractivity contribution < 1.29 is 4.79 Å². The predicted octanol–water partition coefficient (Wildman–Crippen LogP) is 0.362. The number of rotatable bonds is 3. The molecule has 0 unspecified atom stereocenters. The molecule has 0 atom stereocenters. The van der Waals surface area contributed by atoms with E-state index in [0.717, 1.165) is 0 Å². The van der Waals surface area contributed by atoms with Crippen LogP contribution in [0.1, 0.15) is 20.8 Å². The number of amides is 2. The largest absolute Gasteiger partial charge is 0.386 e. The fraction of sp³-hybridized carbons (Fsp3) is 0.750. The third-order valence-electron chi connectivity index (χ3n) is 1.91. The van der Waals surface area contributed by atoms with Crippen molar-refractivity contribution in [2.24, 2.45) is 5.73 Å². The first kappa shape index (κ1) is 11.7. The van der Waals surface area contributed by atoms with E-state index in [9.17, 15) is 4.79 Å². The van der Waals surface area contributed by atoms with E-state index in [4.69, 9.17) is 11.1 Å². The second-order valence-electron chi connectivity index (χ2n) is 3.48. The Bertz CT molecular complexity index is 212. The Balaban J connectivity index is 4.28. The quantitative estimate of drug-likeness (QED) is 0.439. The highest BCUT2D eigenvalue weighted by Crippen LogP contribution is 2.01. The molecule has 0 aromatic heterocycles. The lowest BCUT2D eigenvalue weighted by molar-refractivity contribution is 0.205. The van der Waals surface area contributed by atoms with Crippen molar-refractivity contribution in [3.05, 3.63) is 0 Å². The minimum atomic E-state index is -0.777. The Labute approximate surface area is 78.8 Å². The Morgan fingerprint density at radius 2 is 2.08 bits per heavy atom. The average Bonchev–Trinajstić information content (AvgIpc) is 2.01. The summed E-state index contributed by atoms with van der Waals surface area (Å²) < 4.78 is 0. The van der Waals surface area contributed by atoms with Crippen molar-refractivity contribution in [1.82, 2.24) is 10.2 Å². The standard InChI is InChI=1S/C8H18N4O/c1-5-12(4)7(13)11-8(2,3)6(9)10/h5H2,1-4H3,(H3,9,10)(H,11,13). The third-order valence-corrected chi connectivity index (χ3v) is 1.91. The molecule has 0 saturated carbocycles. The van der Waals surface area contributed by atoms with Crippen LogP contribution in [0.4, 0.5) is 4.79 Å². The van der Waals surface area contributed by atoms with E-state index in [1.54, 1.807) is 20.9 Å². The van der Waals surface area contributed by atoms with Gasteiger partial charge in [0.2, 0.25) is 0 Å². The van der Waals surface area contributed by atoms with Gasteiger partial charge in [0.05, 0.1) is 5.54 Å². The molecule has 0 aliphatic carbocycles. The number of nitrogens with zero attached hydrogens (tertiary/aromatic N) is 1. The molecule has 0 fully saturated rings. The van der Waals surface area contributed by atoms with Gasteiger partial charge in [0.25, 0.3) is 0 Å². The first-order valence-corrected chi connectivity index (χ1v) is 4.19. The number of urea groups is 1. The summed E-state index contributed by atoms with van der Waals surface area (Å²) in [5.41, 5.74) is 4.53. The molecule has 76 valence electrons. The molecule has 0 bridgehead atoms. The van der Waals surface area contributed by atoms with Crippen molar-refractivity contribution in [2.75, 3.05) is 13.6 Å². The number of amidine groups is 1. The second-order valence-corrected chi connectivity index (χ2v) is 3.48. The molecule has 0 spiro atoms. The molecule has 0 radical (unpaired) electrons. The van der Waals surface area contributed by atoms with Crippen molar-refractivity contribution in [1.29, 1.82) is 5.41 Å². The third kappa shape index (κ3) is 3.31. The highest BCUT2D eigenvalue weighted by molar-refractivity contribution is 5.90. The van der Waals surface area contributed by atoms with Gasteiger partial charge in [0, 0.05) is 13.6 Å². The first-order chi connectivity index (χ1) is 5.81. The van der Waals surface area contributed by atoms with Crippen LogP contribution in [0.25, 0.3) is 0 Å². The summed E-state index contributed by atoms with van der Waals surface area (Å²) in [4.78, 5) is 12.9. The molecule has 2 amide bonds. The first-order valence-electron chi connectivity index (χ1n) is 4.19. The zero-order valence-corrected chi connectivity index (χ0v) is 8.64. The fourth-order valence-electron chi connectivity index (χ4n) is 0.574. The minimum absolute atomic E-state index is 0.0506. The molecule has 0 heterocycles. The van der Waals surface area contributed by atoms with Gasteiger partial charge in [-0.05, 0) is 20.8 Å². The van der Waals surface area contributed by atoms with Crippen molar-refractivity contribution in [2.45, 2.75) is 26.3 Å². The molecule has 0 aliphatic heterocycles. The maximum Gasteiger partial charge on any atom is 0.317 e. The van der Waals surface area contributed by atoms with E-state index < -0.39 is 5.54 Å². The number of carbonyl (C=O) groups excluding carboxylic acids is 1. The van der Waals surface area contributed by atoms with E-state index in [1.807, 2.05) is 6.92 Å². The van der Waals surface area contributed by atoms with E-state index >= 15 is 0 Å². The van der Waals surface area contributed by atoms with Gasteiger partial charge in [0.1, 0.15) is 5.84 Å². The van der Waals surface area contributed by atoms with Crippen LogP contribution in [0.2, 0.25) is 0 Å². The highest BCUT2D eigenvalue weighted by atomic mass is 16.2. The van der Waals surface area contributed by atoms with Gasteiger partial charge in [0.15, 0.2) is 0 Å². The number of hydrogen-bond donors (Lipinski definition) is 3. The lowest BCUT2D eigenvalue weighted by Crippen LogP contribution is -2.55. The number of nitrogens with one attached hydrogen (secondary N) is 2. The Hall–Kier alpha value is -1.26. The van der Waals surface area contributed by atoms with Crippen LogP contribution in [0, 0.1) is 5.41 Å². The molecule has 13 heavy (non-hydrogen) atoms. The van der Waals surface area contributed by atoms with Crippen LogP contribution < -0.4 is 11.1 Å². The Morgan fingerprint density at radius 3 is 2.38 bits per heavy atom. The topological polar surface area (TPSA) is 82.2 Å². The maximum absolute atomic E-state index is 11.4. The van der Waals surface area contributed by atoms with Gasteiger partial charge in [-0.2, -0.15) is 0 Å². The van der Waals surface area contributed by atoms with E-state index in [0.29, 0.717) is 6.54 Å². The van der Waals surface area contributed by atoms with Crippen LogP contribution in [-0.2, 0) is 0 Å².